The lowest BCUT2D eigenvalue weighted by molar-refractivity contribution is 0.0925. The van der Waals surface area contributed by atoms with E-state index in [-0.39, 0.29) is 24.4 Å². The van der Waals surface area contributed by atoms with Gasteiger partial charge in [-0.15, -0.1) is 23.7 Å². The second-order valence-corrected chi connectivity index (χ2v) is 4.76. The first-order valence-corrected chi connectivity index (χ1v) is 6.49. The van der Waals surface area contributed by atoms with Gasteiger partial charge in [0.1, 0.15) is 5.69 Å². The van der Waals surface area contributed by atoms with Gasteiger partial charge in [0.25, 0.3) is 5.91 Å². The van der Waals surface area contributed by atoms with Gasteiger partial charge in [-0.05, 0) is 19.9 Å². The summed E-state index contributed by atoms with van der Waals surface area (Å²) in [4.78, 5) is 16.0. The number of nitrogens with two attached hydrogens (primary N) is 1. The average molecular weight is 294 g/mol. The van der Waals surface area contributed by atoms with E-state index >= 15 is 0 Å². The van der Waals surface area contributed by atoms with Crippen molar-refractivity contribution >= 4 is 29.7 Å². The summed E-state index contributed by atoms with van der Waals surface area (Å²) >= 11 is 1.47. The van der Waals surface area contributed by atoms with Crippen molar-refractivity contribution in [2.24, 2.45) is 5.73 Å². The molecule has 1 aromatic rings. The Bertz CT molecular complexity index is 360. The molecule has 0 aliphatic carbocycles. The molecule has 0 aromatic carbocycles. The fraction of sp³-hybridized carbons (Fsp3) is 0.636. The van der Waals surface area contributed by atoms with Crippen molar-refractivity contribution in [3.05, 3.63) is 16.1 Å². The molecule has 7 heteroatoms. The van der Waals surface area contributed by atoms with E-state index in [9.17, 15) is 4.79 Å². The molecule has 1 aromatic heterocycles. The van der Waals surface area contributed by atoms with Gasteiger partial charge >= 0.3 is 0 Å². The maximum absolute atomic E-state index is 11.8. The largest absolute Gasteiger partial charge is 0.385 e. The molecule has 1 heterocycles. The first-order valence-electron chi connectivity index (χ1n) is 5.61. The number of aromatic nitrogens is 1. The standard InChI is InChI=1S/C11H19N3O2S.ClH/c1-8(4-6-16-2)13-11(15)9-7-17-10(14-9)3-5-12;/h7-8H,3-6,12H2,1-2H3,(H,13,15);1H. The average Bonchev–Trinajstić information content (AvgIpc) is 2.75. The number of methoxy groups -OCH3 is 1. The highest BCUT2D eigenvalue weighted by Gasteiger charge is 2.12. The fourth-order valence-electron chi connectivity index (χ4n) is 1.32. The van der Waals surface area contributed by atoms with Crippen LogP contribution in [0.5, 0.6) is 0 Å². The van der Waals surface area contributed by atoms with Crippen molar-refractivity contribution in [2.75, 3.05) is 20.3 Å². The van der Waals surface area contributed by atoms with Gasteiger partial charge in [0, 0.05) is 31.6 Å². The molecule has 1 rings (SSSR count). The molecule has 5 nitrogen and oxygen atoms in total. The second-order valence-electron chi connectivity index (χ2n) is 3.82. The topological polar surface area (TPSA) is 77.2 Å². The lowest BCUT2D eigenvalue weighted by atomic mass is 10.2. The molecule has 0 fully saturated rings. The number of nitrogens with one attached hydrogen (secondary N) is 1. The summed E-state index contributed by atoms with van der Waals surface area (Å²) in [6, 6.07) is 0.0853. The number of hydrogen-bond acceptors (Lipinski definition) is 5. The van der Waals surface area contributed by atoms with Crippen LogP contribution in [-0.2, 0) is 11.2 Å². The first-order chi connectivity index (χ1) is 8.17. The molecule has 0 bridgehead atoms. The number of nitrogens with zero attached hydrogens (tertiary/aromatic N) is 1. The van der Waals surface area contributed by atoms with Crippen molar-refractivity contribution < 1.29 is 9.53 Å². The quantitative estimate of drug-likeness (QED) is 0.792. The van der Waals surface area contributed by atoms with Crippen LogP contribution in [0.2, 0.25) is 0 Å². The predicted octanol–water partition coefficient (Wildman–Crippen LogP) is 1.22. The van der Waals surface area contributed by atoms with Crippen molar-refractivity contribution in [3.8, 4) is 0 Å². The van der Waals surface area contributed by atoms with Gasteiger partial charge in [0.05, 0.1) is 5.01 Å². The smallest absolute Gasteiger partial charge is 0.270 e. The third kappa shape index (κ3) is 5.77. The molecule has 0 aliphatic heterocycles. The van der Waals surface area contributed by atoms with Gasteiger partial charge in [0.15, 0.2) is 0 Å². The zero-order valence-corrected chi connectivity index (χ0v) is 12.3. The fourth-order valence-corrected chi connectivity index (χ4v) is 2.11. The molecule has 1 unspecified atom stereocenters. The van der Waals surface area contributed by atoms with E-state index in [0.29, 0.717) is 18.8 Å². The number of rotatable bonds is 7. The van der Waals surface area contributed by atoms with E-state index in [1.807, 2.05) is 6.92 Å². The van der Waals surface area contributed by atoms with E-state index in [1.54, 1.807) is 12.5 Å². The third-order valence-corrected chi connectivity index (χ3v) is 3.18. The minimum atomic E-state index is -0.131. The van der Waals surface area contributed by atoms with E-state index in [4.69, 9.17) is 10.5 Å². The summed E-state index contributed by atoms with van der Waals surface area (Å²) in [5.41, 5.74) is 5.91. The number of carbonyl (C=O) groups is 1. The van der Waals surface area contributed by atoms with Gasteiger partial charge in [-0.25, -0.2) is 4.98 Å². The van der Waals surface area contributed by atoms with Crippen LogP contribution in [0.25, 0.3) is 0 Å². The van der Waals surface area contributed by atoms with Gasteiger partial charge in [-0.3, -0.25) is 4.79 Å². The molecule has 0 saturated heterocycles. The van der Waals surface area contributed by atoms with E-state index in [2.05, 4.69) is 10.3 Å². The molecule has 0 aliphatic rings. The Morgan fingerprint density at radius 2 is 2.39 bits per heavy atom. The van der Waals surface area contributed by atoms with E-state index < -0.39 is 0 Å². The molecule has 0 radical (unpaired) electrons. The molecule has 0 saturated carbocycles. The highest BCUT2D eigenvalue weighted by molar-refractivity contribution is 7.09. The van der Waals surface area contributed by atoms with Crippen molar-refractivity contribution in [3.63, 3.8) is 0 Å². The zero-order chi connectivity index (χ0) is 12.7. The summed E-state index contributed by atoms with van der Waals surface area (Å²) in [6.45, 7) is 3.14. The number of halogens is 1. The number of amides is 1. The maximum atomic E-state index is 11.8. The Hall–Kier alpha value is -0.690. The second kappa shape index (κ2) is 9.27. The van der Waals surface area contributed by atoms with Gasteiger partial charge in [-0.2, -0.15) is 0 Å². The monoisotopic (exact) mass is 293 g/mol. The molecule has 3 N–H and O–H groups in total. The lowest BCUT2D eigenvalue weighted by Gasteiger charge is -2.11. The Morgan fingerprint density at radius 1 is 1.67 bits per heavy atom. The predicted molar refractivity (Wildman–Crippen MR) is 75.5 cm³/mol. The zero-order valence-electron chi connectivity index (χ0n) is 10.6. The summed E-state index contributed by atoms with van der Waals surface area (Å²) in [6.07, 6.45) is 1.51. The minimum absolute atomic E-state index is 0. The molecular weight excluding hydrogens is 274 g/mol. The molecular formula is C11H20ClN3O2S. The number of ether oxygens (including phenoxy) is 1. The van der Waals surface area contributed by atoms with E-state index in [1.165, 1.54) is 11.3 Å². The highest BCUT2D eigenvalue weighted by atomic mass is 35.5. The van der Waals surface area contributed by atoms with Crippen LogP contribution < -0.4 is 11.1 Å². The van der Waals surface area contributed by atoms with E-state index in [0.717, 1.165) is 17.8 Å². The Balaban J connectivity index is 0.00000289. The van der Waals surface area contributed by atoms with Gasteiger partial charge in [-0.1, -0.05) is 0 Å². The number of thiazole rings is 1. The van der Waals surface area contributed by atoms with Crippen molar-refractivity contribution in [1.82, 2.24) is 10.3 Å². The lowest BCUT2D eigenvalue weighted by Crippen LogP contribution is -2.33. The van der Waals surface area contributed by atoms with Crippen molar-refractivity contribution in [2.45, 2.75) is 25.8 Å². The first kappa shape index (κ1) is 17.3. The molecule has 1 atom stereocenters. The summed E-state index contributed by atoms with van der Waals surface area (Å²) in [5.74, 6) is -0.131. The van der Waals surface area contributed by atoms with Crippen LogP contribution in [-0.4, -0.2) is 37.2 Å². The maximum Gasteiger partial charge on any atom is 0.270 e. The Morgan fingerprint density at radius 3 is 3.00 bits per heavy atom. The molecule has 1 amide bonds. The van der Waals surface area contributed by atoms with Crippen LogP contribution in [0.1, 0.15) is 28.8 Å². The molecule has 0 spiro atoms. The van der Waals surface area contributed by atoms with Crippen molar-refractivity contribution in [1.29, 1.82) is 0 Å². The third-order valence-electron chi connectivity index (χ3n) is 2.28. The minimum Gasteiger partial charge on any atom is -0.385 e. The number of carbonyl (C=O) groups excluding carboxylic acids is 1. The Labute approximate surface area is 118 Å². The SMILES string of the molecule is COCCC(C)NC(=O)c1csc(CCN)n1.Cl. The molecule has 18 heavy (non-hydrogen) atoms. The highest BCUT2D eigenvalue weighted by Crippen LogP contribution is 2.10. The van der Waals surface area contributed by atoms with Gasteiger partial charge in [0.2, 0.25) is 0 Å². The van der Waals surface area contributed by atoms with Crippen LogP contribution in [0, 0.1) is 0 Å². The van der Waals surface area contributed by atoms with Crippen LogP contribution >= 0.6 is 23.7 Å². The molecule has 104 valence electrons. The summed E-state index contributed by atoms with van der Waals surface area (Å²) in [5, 5.41) is 5.55. The normalized spacial score (nSPS) is 11.7. The van der Waals surface area contributed by atoms with Gasteiger partial charge < -0.3 is 15.8 Å². The van der Waals surface area contributed by atoms with Crippen LogP contribution in [0.15, 0.2) is 5.38 Å². The van der Waals surface area contributed by atoms with Crippen LogP contribution in [0.3, 0.4) is 0 Å². The summed E-state index contributed by atoms with van der Waals surface area (Å²) in [7, 11) is 1.65. The summed E-state index contributed by atoms with van der Waals surface area (Å²) < 4.78 is 4.96. The number of hydrogen-bond donors (Lipinski definition) is 2. The Kier molecular flexibility index (Phi) is 8.91. The van der Waals surface area contributed by atoms with Crippen LogP contribution in [0.4, 0.5) is 0 Å².